The minimum absolute atomic E-state index is 0.174. The molecule has 0 aromatic carbocycles. The smallest absolute Gasteiger partial charge is 0.265 e. The lowest BCUT2D eigenvalue weighted by molar-refractivity contribution is -0.152. The molecular weight excluding hydrogens is 188 g/mol. The Labute approximate surface area is 80.4 Å². The molecule has 14 heavy (non-hydrogen) atoms. The molecule has 0 aromatic rings. The highest BCUT2D eigenvalue weighted by molar-refractivity contribution is 6.69. The van der Waals surface area contributed by atoms with E-state index >= 15 is 0 Å². The van der Waals surface area contributed by atoms with E-state index in [0.29, 0.717) is 0 Å². The van der Waals surface area contributed by atoms with Crippen molar-refractivity contribution >= 4 is 23.1 Å². The molecule has 5 nitrogen and oxygen atoms in total. The Morgan fingerprint density at radius 2 is 1.93 bits per heavy atom. The summed E-state index contributed by atoms with van der Waals surface area (Å²) in [5.41, 5.74) is 0. The van der Waals surface area contributed by atoms with Crippen molar-refractivity contribution in [1.29, 1.82) is 0 Å². The number of carbonyl (C=O) groups is 4. The van der Waals surface area contributed by atoms with E-state index in [-0.39, 0.29) is 13.0 Å². The standard InChI is InChI=1S/C9H10O5/c1-14-3-2-5-6(10)4-7(11)9(13)8(5)12/h5H,2-4H2,1H3. The summed E-state index contributed by atoms with van der Waals surface area (Å²) in [7, 11) is 1.44. The third kappa shape index (κ3) is 1.93. The summed E-state index contributed by atoms with van der Waals surface area (Å²) < 4.78 is 4.70. The number of methoxy groups -OCH3 is 1. The molecule has 0 radical (unpaired) electrons. The highest BCUT2D eigenvalue weighted by Gasteiger charge is 2.40. The van der Waals surface area contributed by atoms with Crippen LogP contribution >= 0.6 is 0 Å². The topological polar surface area (TPSA) is 77.5 Å². The van der Waals surface area contributed by atoms with Crippen molar-refractivity contribution in [3.05, 3.63) is 0 Å². The average molecular weight is 198 g/mol. The Hall–Kier alpha value is -1.36. The summed E-state index contributed by atoms with van der Waals surface area (Å²) in [5, 5.41) is 0. The highest BCUT2D eigenvalue weighted by Crippen LogP contribution is 2.16. The fourth-order valence-corrected chi connectivity index (χ4v) is 1.33. The molecule has 5 heteroatoms. The van der Waals surface area contributed by atoms with Crippen LogP contribution in [-0.4, -0.2) is 36.8 Å². The molecule has 0 aromatic heterocycles. The number of ether oxygens (including phenoxy) is 1. The van der Waals surface area contributed by atoms with E-state index in [2.05, 4.69) is 0 Å². The van der Waals surface area contributed by atoms with Gasteiger partial charge in [0.2, 0.25) is 11.6 Å². The number of ketones is 4. The summed E-state index contributed by atoms with van der Waals surface area (Å²) in [6, 6.07) is 0. The van der Waals surface area contributed by atoms with Gasteiger partial charge in [-0.3, -0.25) is 19.2 Å². The lowest BCUT2D eigenvalue weighted by atomic mass is 9.83. The van der Waals surface area contributed by atoms with Crippen LogP contribution in [0.5, 0.6) is 0 Å². The van der Waals surface area contributed by atoms with Crippen LogP contribution < -0.4 is 0 Å². The second-order valence-corrected chi connectivity index (χ2v) is 3.09. The Morgan fingerprint density at radius 3 is 2.50 bits per heavy atom. The van der Waals surface area contributed by atoms with Crippen LogP contribution in [0.3, 0.4) is 0 Å². The first-order chi connectivity index (χ1) is 6.57. The maximum Gasteiger partial charge on any atom is 0.265 e. The molecule has 1 saturated carbocycles. The minimum Gasteiger partial charge on any atom is -0.385 e. The van der Waals surface area contributed by atoms with Crippen molar-refractivity contribution < 1.29 is 23.9 Å². The molecule has 0 N–H and O–H groups in total. The van der Waals surface area contributed by atoms with Crippen LogP contribution in [0.1, 0.15) is 12.8 Å². The van der Waals surface area contributed by atoms with Gasteiger partial charge in [-0.15, -0.1) is 0 Å². The molecular formula is C9H10O5. The molecule has 0 heterocycles. The summed E-state index contributed by atoms with van der Waals surface area (Å²) in [5.74, 6) is -4.28. The number of rotatable bonds is 3. The van der Waals surface area contributed by atoms with Crippen LogP contribution in [0.2, 0.25) is 0 Å². The summed E-state index contributed by atoms with van der Waals surface area (Å²) in [6.45, 7) is 0.226. The third-order valence-corrected chi connectivity index (χ3v) is 2.13. The van der Waals surface area contributed by atoms with E-state index in [9.17, 15) is 19.2 Å². The quantitative estimate of drug-likeness (QED) is 0.443. The molecule has 0 amide bonds. The normalized spacial score (nSPS) is 23.1. The lowest BCUT2D eigenvalue weighted by Crippen LogP contribution is -2.42. The first kappa shape index (κ1) is 10.7. The lowest BCUT2D eigenvalue weighted by Gasteiger charge is -2.16. The summed E-state index contributed by atoms with van der Waals surface area (Å²) in [4.78, 5) is 44.2. The number of hydrogen-bond acceptors (Lipinski definition) is 5. The van der Waals surface area contributed by atoms with Crippen molar-refractivity contribution in [3.8, 4) is 0 Å². The molecule has 1 aliphatic rings. The minimum atomic E-state index is -1.05. The van der Waals surface area contributed by atoms with E-state index in [1.807, 2.05) is 0 Å². The van der Waals surface area contributed by atoms with E-state index in [4.69, 9.17) is 4.74 Å². The second kappa shape index (κ2) is 4.23. The number of carbonyl (C=O) groups excluding carboxylic acids is 4. The van der Waals surface area contributed by atoms with E-state index in [0.717, 1.165) is 0 Å². The highest BCUT2D eigenvalue weighted by atomic mass is 16.5. The van der Waals surface area contributed by atoms with Crippen molar-refractivity contribution in [2.24, 2.45) is 5.92 Å². The monoisotopic (exact) mass is 198 g/mol. The maximum atomic E-state index is 11.2. The van der Waals surface area contributed by atoms with Gasteiger partial charge in [-0.1, -0.05) is 0 Å². The van der Waals surface area contributed by atoms with Crippen molar-refractivity contribution in [2.45, 2.75) is 12.8 Å². The molecule has 1 rings (SSSR count). The average Bonchev–Trinajstić information content (AvgIpc) is 2.14. The zero-order chi connectivity index (χ0) is 10.7. The van der Waals surface area contributed by atoms with Gasteiger partial charge < -0.3 is 4.74 Å². The zero-order valence-electron chi connectivity index (χ0n) is 7.74. The van der Waals surface area contributed by atoms with Gasteiger partial charge >= 0.3 is 0 Å². The van der Waals surface area contributed by atoms with E-state index in [1.165, 1.54) is 7.11 Å². The predicted molar refractivity (Wildman–Crippen MR) is 44.6 cm³/mol. The Kier molecular flexibility index (Phi) is 3.24. The predicted octanol–water partition coefficient (Wildman–Crippen LogP) is -0.681. The SMILES string of the molecule is COCCC1C(=O)CC(=O)C(=O)C1=O. The van der Waals surface area contributed by atoms with E-state index in [1.54, 1.807) is 0 Å². The largest absolute Gasteiger partial charge is 0.385 e. The van der Waals surface area contributed by atoms with Crippen LogP contribution in [0.25, 0.3) is 0 Å². The third-order valence-electron chi connectivity index (χ3n) is 2.13. The van der Waals surface area contributed by atoms with Gasteiger partial charge in [0.15, 0.2) is 5.78 Å². The van der Waals surface area contributed by atoms with Crippen LogP contribution in [0, 0.1) is 5.92 Å². The first-order valence-corrected chi connectivity index (χ1v) is 4.21. The van der Waals surface area contributed by atoms with Crippen LogP contribution in [0.15, 0.2) is 0 Å². The van der Waals surface area contributed by atoms with Crippen molar-refractivity contribution in [1.82, 2.24) is 0 Å². The van der Waals surface area contributed by atoms with Gasteiger partial charge in [0.05, 0.1) is 12.3 Å². The molecule has 76 valence electrons. The fraction of sp³-hybridized carbons (Fsp3) is 0.556. The molecule has 1 unspecified atom stereocenters. The Balaban J connectivity index is 2.74. The molecule has 0 bridgehead atoms. The summed E-state index contributed by atoms with van der Waals surface area (Å²) >= 11 is 0. The molecule has 0 aliphatic heterocycles. The van der Waals surface area contributed by atoms with Gasteiger partial charge in [0.1, 0.15) is 0 Å². The molecule has 1 fully saturated rings. The summed E-state index contributed by atoms with van der Waals surface area (Å²) in [6.07, 6.45) is -0.272. The fourth-order valence-electron chi connectivity index (χ4n) is 1.33. The van der Waals surface area contributed by atoms with Crippen molar-refractivity contribution in [2.75, 3.05) is 13.7 Å². The second-order valence-electron chi connectivity index (χ2n) is 3.09. The van der Waals surface area contributed by atoms with Crippen LogP contribution in [0.4, 0.5) is 0 Å². The number of hydrogen-bond donors (Lipinski definition) is 0. The first-order valence-electron chi connectivity index (χ1n) is 4.21. The number of Topliss-reactive ketones (excluding diaryl/α,β-unsaturated/α-hetero) is 4. The molecule has 1 aliphatic carbocycles. The van der Waals surface area contributed by atoms with Gasteiger partial charge in [0.25, 0.3) is 5.78 Å². The van der Waals surface area contributed by atoms with Gasteiger partial charge in [0, 0.05) is 13.7 Å². The molecule has 1 atom stereocenters. The zero-order valence-corrected chi connectivity index (χ0v) is 7.74. The van der Waals surface area contributed by atoms with Crippen LogP contribution in [-0.2, 0) is 23.9 Å². The van der Waals surface area contributed by atoms with E-state index < -0.39 is 35.5 Å². The maximum absolute atomic E-state index is 11.2. The molecule has 0 spiro atoms. The van der Waals surface area contributed by atoms with Crippen molar-refractivity contribution in [3.63, 3.8) is 0 Å². The molecule has 0 saturated heterocycles. The van der Waals surface area contributed by atoms with Gasteiger partial charge in [-0.25, -0.2) is 0 Å². The van der Waals surface area contributed by atoms with Gasteiger partial charge in [-0.05, 0) is 6.42 Å². The van der Waals surface area contributed by atoms with Gasteiger partial charge in [-0.2, -0.15) is 0 Å². The Bertz CT molecular complexity index is 304. The Morgan fingerprint density at radius 1 is 1.29 bits per heavy atom.